The van der Waals surface area contributed by atoms with E-state index < -0.39 is 0 Å². The van der Waals surface area contributed by atoms with Gasteiger partial charge in [0.05, 0.1) is 22.7 Å². The van der Waals surface area contributed by atoms with Gasteiger partial charge in [-0.3, -0.25) is 4.79 Å². The van der Waals surface area contributed by atoms with Gasteiger partial charge >= 0.3 is 0 Å². The first-order valence-electron chi connectivity index (χ1n) is 9.44. The first kappa shape index (κ1) is 22.5. The van der Waals surface area contributed by atoms with E-state index in [4.69, 9.17) is 23.2 Å². The molecule has 2 aromatic carbocycles. The number of carbonyl (C=O) groups excluding carboxylic acids is 1. The smallest absolute Gasteiger partial charge is 0.250 e. The van der Waals surface area contributed by atoms with Crippen molar-refractivity contribution in [2.75, 3.05) is 5.75 Å². The van der Waals surface area contributed by atoms with Gasteiger partial charge in [-0.05, 0) is 50.6 Å². The highest BCUT2D eigenvalue weighted by Gasteiger charge is 2.12. The molecule has 0 atom stereocenters. The lowest BCUT2D eigenvalue weighted by Crippen LogP contribution is -2.19. The Labute approximate surface area is 191 Å². The summed E-state index contributed by atoms with van der Waals surface area (Å²) in [5.41, 5.74) is 8.70. The van der Waals surface area contributed by atoms with Crippen LogP contribution in [0.2, 0.25) is 10.0 Å². The molecule has 0 saturated carbocycles. The molecular weight excluding hydrogens is 437 g/mol. The average molecular weight is 460 g/mol. The summed E-state index contributed by atoms with van der Waals surface area (Å²) in [4.78, 5) is 12.1. The van der Waals surface area contributed by atoms with Gasteiger partial charge in [-0.1, -0.05) is 53.0 Å². The fraction of sp³-hybridized carbons (Fsp3) is 0.217. The second-order valence-corrected chi connectivity index (χ2v) is 8.86. The van der Waals surface area contributed by atoms with E-state index in [-0.39, 0.29) is 5.91 Å². The Morgan fingerprint density at radius 2 is 1.83 bits per heavy atom. The van der Waals surface area contributed by atoms with Crippen LogP contribution in [0.15, 0.2) is 53.6 Å². The number of benzene rings is 2. The summed E-state index contributed by atoms with van der Waals surface area (Å²) >= 11 is 14.1. The molecule has 1 N–H and O–H groups in total. The van der Waals surface area contributed by atoms with Crippen molar-refractivity contribution in [3.8, 4) is 5.69 Å². The number of hydrogen-bond donors (Lipinski definition) is 1. The lowest BCUT2D eigenvalue weighted by Gasteiger charge is -2.12. The highest BCUT2D eigenvalue weighted by atomic mass is 35.5. The van der Waals surface area contributed by atoms with Crippen molar-refractivity contribution in [2.24, 2.45) is 5.10 Å². The molecule has 7 heteroatoms. The topological polar surface area (TPSA) is 46.4 Å². The lowest BCUT2D eigenvalue weighted by atomic mass is 10.2. The van der Waals surface area contributed by atoms with Crippen LogP contribution >= 0.6 is 35.0 Å². The summed E-state index contributed by atoms with van der Waals surface area (Å²) in [5.74, 6) is 1.01. The summed E-state index contributed by atoms with van der Waals surface area (Å²) in [6.07, 6.45) is 1.65. The number of nitrogens with one attached hydrogen (secondary N) is 1. The Bertz CT molecular complexity index is 1070. The molecule has 0 spiro atoms. The molecule has 0 aliphatic heterocycles. The van der Waals surface area contributed by atoms with E-state index in [1.807, 2.05) is 30.5 Å². The number of carbonyl (C=O) groups is 1. The highest BCUT2D eigenvalue weighted by molar-refractivity contribution is 7.99. The molecule has 0 fully saturated rings. The van der Waals surface area contributed by atoms with E-state index in [2.05, 4.69) is 41.7 Å². The monoisotopic (exact) mass is 459 g/mol. The Kier molecular flexibility index (Phi) is 7.64. The van der Waals surface area contributed by atoms with E-state index in [0.717, 1.165) is 28.4 Å². The zero-order chi connectivity index (χ0) is 21.7. The maximum Gasteiger partial charge on any atom is 0.250 e. The fourth-order valence-electron chi connectivity index (χ4n) is 3.10. The van der Waals surface area contributed by atoms with Crippen LogP contribution in [0, 0.1) is 20.8 Å². The number of rotatable bonds is 7. The number of amides is 1. The van der Waals surface area contributed by atoms with Crippen LogP contribution in [-0.2, 0) is 10.5 Å². The number of thioether (sulfide) groups is 1. The highest BCUT2D eigenvalue weighted by Crippen LogP contribution is 2.28. The normalized spacial score (nSPS) is 11.2. The Balaban J connectivity index is 1.59. The molecule has 0 unspecified atom stereocenters. The molecule has 3 rings (SSSR count). The van der Waals surface area contributed by atoms with Crippen molar-refractivity contribution >= 4 is 47.1 Å². The van der Waals surface area contributed by atoms with Crippen LogP contribution in [0.1, 0.15) is 28.1 Å². The van der Waals surface area contributed by atoms with E-state index in [9.17, 15) is 4.79 Å². The van der Waals surface area contributed by atoms with Crippen molar-refractivity contribution in [3.63, 3.8) is 0 Å². The minimum Gasteiger partial charge on any atom is -0.316 e. The molecule has 0 radical (unpaired) electrons. The summed E-state index contributed by atoms with van der Waals surface area (Å²) in [5, 5.41) is 5.35. The largest absolute Gasteiger partial charge is 0.316 e. The number of aromatic nitrogens is 1. The third-order valence-electron chi connectivity index (χ3n) is 4.63. The molecule has 1 amide bonds. The van der Waals surface area contributed by atoms with E-state index in [1.165, 1.54) is 11.1 Å². The molecule has 30 heavy (non-hydrogen) atoms. The number of hydrazone groups is 1. The van der Waals surface area contributed by atoms with E-state index >= 15 is 0 Å². The molecule has 0 aliphatic rings. The second kappa shape index (κ2) is 10.2. The van der Waals surface area contributed by atoms with Crippen LogP contribution in [0.4, 0.5) is 0 Å². The predicted octanol–water partition coefficient (Wildman–Crippen LogP) is 6.09. The van der Waals surface area contributed by atoms with Gasteiger partial charge in [0.15, 0.2) is 0 Å². The first-order chi connectivity index (χ1) is 14.3. The van der Waals surface area contributed by atoms with Gasteiger partial charge in [0.1, 0.15) is 0 Å². The summed E-state index contributed by atoms with van der Waals surface area (Å²) in [7, 11) is 0. The standard InChI is InChI=1S/C23H23Cl2N3OS/c1-15-4-6-18(7-5-15)13-30-14-23(29)27-26-12-19-10-16(2)28(17(19)3)22-11-20(24)8-9-21(22)25/h4-12H,13-14H2,1-3H3,(H,27,29)/b26-12+. The maximum absolute atomic E-state index is 12.1. The molecule has 0 saturated heterocycles. The number of hydrogen-bond acceptors (Lipinski definition) is 3. The van der Waals surface area contributed by atoms with Crippen molar-refractivity contribution in [1.82, 2.24) is 9.99 Å². The molecule has 0 aliphatic carbocycles. The van der Waals surface area contributed by atoms with E-state index in [0.29, 0.717) is 15.8 Å². The maximum atomic E-state index is 12.1. The zero-order valence-electron chi connectivity index (χ0n) is 17.1. The zero-order valence-corrected chi connectivity index (χ0v) is 19.4. The third-order valence-corrected chi connectivity index (χ3v) is 6.19. The quantitative estimate of drug-likeness (QED) is 0.343. The molecule has 156 valence electrons. The number of halogens is 2. The molecule has 0 bridgehead atoms. The molecule has 4 nitrogen and oxygen atoms in total. The SMILES string of the molecule is Cc1ccc(CSCC(=O)N/N=C/c2cc(C)n(-c3cc(Cl)ccc3Cl)c2C)cc1. The van der Waals surface area contributed by atoms with Crippen molar-refractivity contribution in [3.05, 3.63) is 86.7 Å². The van der Waals surface area contributed by atoms with Gasteiger partial charge in [-0.2, -0.15) is 5.10 Å². The molecule has 3 aromatic rings. The Hall–Kier alpha value is -2.21. The second-order valence-electron chi connectivity index (χ2n) is 7.03. The van der Waals surface area contributed by atoms with Crippen molar-refractivity contribution in [2.45, 2.75) is 26.5 Å². The summed E-state index contributed by atoms with van der Waals surface area (Å²) < 4.78 is 2.02. The summed E-state index contributed by atoms with van der Waals surface area (Å²) in [6, 6.07) is 15.7. The Morgan fingerprint density at radius 3 is 2.57 bits per heavy atom. The minimum atomic E-state index is -0.130. The van der Waals surface area contributed by atoms with E-state index in [1.54, 1.807) is 30.1 Å². The minimum absolute atomic E-state index is 0.130. The van der Waals surface area contributed by atoms with Gasteiger partial charge < -0.3 is 4.57 Å². The van der Waals surface area contributed by atoms with Crippen LogP contribution in [0.3, 0.4) is 0 Å². The van der Waals surface area contributed by atoms with Crippen LogP contribution < -0.4 is 5.43 Å². The lowest BCUT2D eigenvalue weighted by molar-refractivity contribution is -0.118. The third kappa shape index (κ3) is 5.69. The first-order valence-corrected chi connectivity index (χ1v) is 11.4. The fourth-order valence-corrected chi connectivity index (χ4v) is 4.25. The van der Waals surface area contributed by atoms with Gasteiger partial charge in [0, 0.05) is 27.7 Å². The Morgan fingerprint density at radius 1 is 1.10 bits per heavy atom. The predicted molar refractivity (Wildman–Crippen MR) is 128 cm³/mol. The number of nitrogens with zero attached hydrogens (tertiary/aromatic N) is 2. The van der Waals surface area contributed by atoms with Crippen molar-refractivity contribution in [1.29, 1.82) is 0 Å². The van der Waals surface area contributed by atoms with Crippen LogP contribution in [-0.4, -0.2) is 22.4 Å². The molecule has 1 heterocycles. The van der Waals surface area contributed by atoms with Gasteiger partial charge in [0.25, 0.3) is 0 Å². The van der Waals surface area contributed by atoms with Gasteiger partial charge in [0.2, 0.25) is 5.91 Å². The van der Waals surface area contributed by atoms with Gasteiger partial charge in [-0.15, -0.1) is 11.8 Å². The number of aryl methyl sites for hydroxylation is 2. The molecule has 1 aromatic heterocycles. The van der Waals surface area contributed by atoms with Crippen LogP contribution in [0.5, 0.6) is 0 Å². The summed E-state index contributed by atoms with van der Waals surface area (Å²) in [6.45, 7) is 6.02. The average Bonchev–Trinajstić information content (AvgIpc) is 2.99. The molecular formula is C23H23Cl2N3OS. The van der Waals surface area contributed by atoms with Crippen LogP contribution in [0.25, 0.3) is 5.69 Å². The van der Waals surface area contributed by atoms with Crippen molar-refractivity contribution < 1.29 is 4.79 Å². The van der Waals surface area contributed by atoms with Gasteiger partial charge in [-0.25, -0.2) is 5.43 Å².